The van der Waals surface area contributed by atoms with E-state index in [-0.39, 0.29) is 24.3 Å². The maximum Gasteiger partial charge on any atom is 0.241 e. The van der Waals surface area contributed by atoms with Crippen molar-refractivity contribution in [3.63, 3.8) is 0 Å². The van der Waals surface area contributed by atoms with Crippen molar-refractivity contribution < 1.29 is 9.59 Å². The minimum atomic E-state index is 0.0804. The Hall–Kier alpha value is -2.04. The fourth-order valence-corrected chi connectivity index (χ4v) is 2.40. The second kappa shape index (κ2) is 7.29. The minimum absolute atomic E-state index is 0.0804. The Morgan fingerprint density at radius 3 is 2.41 bits per heavy atom. The molecule has 0 radical (unpaired) electrons. The van der Waals surface area contributed by atoms with E-state index >= 15 is 0 Å². The van der Waals surface area contributed by atoms with Crippen molar-refractivity contribution in [2.45, 2.75) is 33.6 Å². The fourth-order valence-electron chi connectivity index (χ4n) is 2.40. The molecular formula is C17H25N3O2. The van der Waals surface area contributed by atoms with E-state index in [9.17, 15) is 9.59 Å². The number of amides is 2. The largest absolute Gasteiger partial charge is 0.376 e. The van der Waals surface area contributed by atoms with Gasteiger partial charge in [-0.05, 0) is 51.3 Å². The van der Waals surface area contributed by atoms with Gasteiger partial charge in [-0.25, -0.2) is 0 Å². The zero-order chi connectivity index (χ0) is 16.1. The zero-order valence-electron chi connectivity index (χ0n) is 13.6. The predicted molar refractivity (Wildman–Crippen MR) is 89.0 cm³/mol. The number of hydrogen-bond acceptors (Lipinski definition) is 3. The summed E-state index contributed by atoms with van der Waals surface area (Å²) in [6.45, 7) is 7.59. The molecule has 5 nitrogen and oxygen atoms in total. The minimum Gasteiger partial charge on any atom is -0.376 e. The first-order chi connectivity index (χ1) is 10.6. The van der Waals surface area contributed by atoms with Crippen molar-refractivity contribution in [3.8, 4) is 0 Å². The molecule has 1 aliphatic carbocycles. The molecule has 0 saturated heterocycles. The van der Waals surface area contributed by atoms with Gasteiger partial charge in [-0.2, -0.15) is 0 Å². The summed E-state index contributed by atoms with van der Waals surface area (Å²) in [6.07, 6.45) is 1.97. The normalized spacial score (nSPS) is 13.6. The lowest BCUT2D eigenvalue weighted by molar-refractivity contribution is -0.128. The van der Waals surface area contributed by atoms with Crippen LogP contribution >= 0.6 is 0 Å². The first-order valence-electron chi connectivity index (χ1n) is 7.98. The van der Waals surface area contributed by atoms with E-state index in [1.54, 1.807) is 4.90 Å². The third-order valence-corrected chi connectivity index (χ3v) is 4.09. The molecule has 1 aromatic carbocycles. The third-order valence-electron chi connectivity index (χ3n) is 4.09. The number of nitrogens with one attached hydrogen (secondary N) is 2. The summed E-state index contributed by atoms with van der Waals surface area (Å²) in [4.78, 5) is 25.7. The summed E-state index contributed by atoms with van der Waals surface area (Å²) in [5, 5.41) is 6.15. The molecule has 1 saturated carbocycles. The molecule has 2 rings (SSSR count). The van der Waals surface area contributed by atoms with Gasteiger partial charge >= 0.3 is 0 Å². The molecular weight excluding hydrogens is 278 g/mol. The van der Waals surface area contributed by atoms with Crippen LogP contribution in [0.25, 0.3) is 0 Å². The van der Waals surface area contributed by atoms with E-state index in [1.807, 2.05) is 39.0 Å². The van der Waals surface area contributed by atoms with Crippen LogP contribution in [-0.4, -0.2) is 36.3 Å². The van der Waals surface area contributed by atoms with E-state index in [4.69, 9.17) is 0 Å². The molecule has 5 heteroatoms. The maximum atomic E-state index is 12.0. The van der Waals surface area contributed by atoms with Crippen molar-refractivity contribution in [1.82, 2.24) is 4.90 Å². The van der Waals surface area contributed by atoms with Gasteiger partial charge in [-0.1, -0.05) is 6.07 Å². The SMILES string of the molecule is CCN(CC)C(=O)CNc1cccc(NC(=O)C2CC2)c1C. The Morgan fingerprint density at radius 1 is 1.18 bits per heavy atom. The van der Waals surface area contributed by atoms with Crippen molar-refractivity contribution in [2.75, 3.05) is 30.3 Å². The quantitative estimate of drug-likeness (QED) is 0.814. The predicted octanol–water partition coefficient (Wildman–Crippen LogP) is 2.62. The lowest BCUT2D eigenvalue weighted by Crippen LogP contribution is -2.35. The first kappa shape index (κ1) is 16.3. The van der Waals surface area contributed by atoms with Gasteiger partial charge in [0, 0.05) is 30.4 Å². The molecule has 1 fully saturated rings. The number of benzene rings is 1. The van der Waals surface area contributed by atoms with Gasteiger partial charge in [0.25, 0.3) is 0 Å². The van der Waals surface area contributed by atoms with Gasteiger partial charge in [-0.15, -0.1) is 0 Å². The zero-order valence-corrected chi connectivity index (χ0v) is 13.6. The molecule has 2 N–H and O–H groups in total. The highest BCUT2D eigenvalue weighted by molar-refractivity contribution is 5.95. The number of likely N-dealkylation sites (N-methyl/N-ethyl adjacent to an activating group) is 1. The highest BCUT2D eigenvalue weighted by Gasteiger charge is 2.29. The summed E-state index contributed by atoms with van der Waals surface area (Å²) in [6, 6.07) is 5.71. The highest BCUT2D eigenvalue weighted by Crippen LogP contribution is 2.31. The molecule has 0 heterocycles. The number of hydrogen-bond donors (Lipinski definition) is 2. The molecule has 0 aromatic heterocycles. The van der Waals surface area contributed by atoms with E-state index in [2.05, 4.69) is 10.6 Å². The van der Waals surface area contributed by atoms with Gasteiger partial charge in [0.05, 0.1) is 6.54 Å². The van der Waals surface area contributed by atoms with Gasteiger partial charge in [-0.3, -0.25) is 9.59 Å². The summed E-state index contributed by atoms with van der Waals surface area (Å²) < 4.78 is 0. The van der Waals surface area contributed by atoms with Crippen LogP contribution in [0.15, 0.2) is 18.2 Å². The van der Waals surface area contributed by atoms with Gasteiger partial charge in [0.2, 0.25) is 11.8 Å². The molecule has 0 atom stereocenters. The van der Waals surface area contributed by atoms with Gasteiger partial charge in [0.1, 0.15) is 0 Å². The average molecular weight is 303 g/mol. The second-order valence-electron chi connectivity index (χ2n) is 5.66. The van der Waals surface area contributed by atoms with Gasteiger partial charge in [0.15, 0.2) is 0 Å². The van der Waals surface area contributed by atoms with Crippen molar-refractivity contribution in [2.24, 2.45) is 5.92 Å². The lowest BCUT2D eigenvalue weighted by atomic mass is 10.1. The summed E-state index contributed by atoms with van der Waals surface area (Å²) >= 11 is 0. The van der Waals surface area contributed by atoms with Crippen molar-refractivity contribution in [3.05, 3.63) is 23.8 Å². The Bertz CT molecular complexity index is 549. The standard InChI is InChI=1S/C17H25N3O2/c1-4-20(5-2)16(21)11-18-14-7-6-8-15(12(14)3)19-17(22)13-9-10-13/h6-8,13,18H,4-5,9-11H2,1-3H3,(H,19,22). The maximum absolute atomic E-state index is 12.0. The molecule has 1 aliphatic rings. The van der Waals surface area contributed by atoms with Crippen LogP contribution in [0.3, 0.4) is 0 Å². The van der Waals surface area contributed by atoms with E-state index < -0.39 is 0 Å². The summed E-state index contributed by atoms with van der Waals surface area (Å²) in [7, 11) is 0. The monoisotopic (exact) mass is 303 g/mol. The molecule has 120 valence electrons. The number of carbonyl (C=O) groups excluding carboxylic acids is 2. The summed E-state index contributed by atoms with van der Waals surface area (Å²) in [5.41, 5.74) is 2.66. The highest BCUT2D eigenvalue weighted by atomic mass is 16.2. The van der Waals surface area contributed by atoms with Crippen LogP contribution in [0.1, 0.15) is 32.3 Å². The Morgan fingerprint density at radius 2 is 1.82 bits per heavy atom. The summed E-state index contributed by atoms with van der Waals surface area (Å²) in [5.74, 6) is 0.358. The lowest BCUT2D eigenvalue weighted by Gasteiger charge is -2.20. The van der Waals surface area contributed by atoms with Crippen molar-refractivity contribution in [1.29, 1.82) is 0 Å². The number of anilines is 2. The Labute approximate surface area is 132 Å². The van der Waals surface area contributed by atoms with Crippen LogP contribution < -0.4 is 10.6 Å². The Balaban J connectivity index is 1.99. The van der Waals surface area contributed by atoms with Crippen LogP contribution in [0.4, 0.5) is 11.4 Å². The van der Waals surface area contributed by atoms with Crippen LogP contribution in [-0.2, 0) is 9.59 Å². The Kier molecular flexibility index (Phi) is 5.41. The third kappa shape index (κ3) is 4.00. The molecule has 0 spiro atoms. The smallest absolute Gasteiger partial charge is 0.241 e. The van der Waals surface area contributed by atoms with Crippen molar-refractivity contribution >= 4 is 23.2 Å². The van der Waals surface area contributed by atoms with E-state index in [0.29, 0.717) is 13.1 Å². The molecule has 0 bridgehead atoms. The first-order valence-corrected chi connectivity index (χ1v) is 7.98. The molecule has 2 amide bonds. The molecule has 1 aromatic rings. The van der Waals surface area contributed by atoms with E-state index in [0.717, 1.165) is 29.8 Å². The second-order valence-corrected chi connectivity index (χ2v) is 5.66. The van der Waals surface area contributed by atoms with Crippen LogP contribution in [0.5, 0.6) is 0 Å². The number of nitrogens with zero attached hydrogens (tertiary/aromatic N) is 1. The number of rotatable bonds is 7. The van der Waals surface area contributed by atoms with Crippen LogP contribution in [0.2, 0.25) is 0 Å². The molecule has 22 heavy (non-hydrogen) atoms. The molecule has 0 unspecified atom stereocenters. The fraction of sp³-hybridized carbons (Fsp3) is 0.529. The number of carbonyl (C=O) groups is 2. The van der Waals surface area contributed by atoms with Gasteiger partial charge < -0.3 is 15.5 Å². The topological polar surface area (TPSA) is 61.4 Å². The average Bonchev–Trinajstić information content (AvgIpc) is 3.34. The van der Waals surface area contributed by atoms with E-state index in [1.165, 1.54) is 0 Å². The van der Waals surface area contributed by atoms with Crippen LogP contribution in [0, 0.1) is 12.8 Å². The molecule has 0 aliphatic heterocycles.